The molecule has 1 heterocycles. The summed E-state index contributed by atoms with van der Waals surface area (Å²) in [5, 5.41) is 7.76. The number of rotatable bonds is 63. The zero-order valence-corrected chi connectivity index (χ0v) is 57.2. The third-order valence-electron chi connectivity index (χ3n) is 12.6. The van der Waals surface area contributed by atoms with Crippen molar-refractivity contribution in [2.75, 3.05) is 250 Å². The van der Waals surface area contributed by atoms with E-state index in [1.807, 2.05) is 12.1 Å². The molecule has 2 rings (SSSR count). The van der Waals surface area contributed by atoms with Crippen molar-refractivity contribution in [3.05, 3.63) is 41.5 Å². The van der Waals surface area contributed by atoms with Crippen molar-refractivity contribution in [1.29, 1.82) is 0 Å². The van der Waals surface area contributed by atoms with Crippen LogP contribution in [0.5, 0.6) is 0 Å². The normalized spacial score (nSPS) is 12.6. The molecule has 544 valence electrons. The van der Waals surface area contributed by atoms with Gasteiger partial charge < -0.3 is 101 Å². The molecule has 0 saturated carbocycles. The van der Waals surface area contributed by atoms with E-state index in [9.17, 15) is 28.8 Å². The van der Waals surface area contributed by atoms with Gasteiger partial charge in [-0.1, -0.05) is 26.3 Å². The summed E-state index contributed by atoms with van der Waals surface area (Å²) in [5.41, 5.74) is 1.42. The monoisotopic (exact) mass is 1340 g/mol. The minimum Gasteiger partial charge on any atom is -0.460 e. The molecule has 1 aromatic rings. The van der Waals surface area contributed by atoms with Crippen molar-refractivity contribution in [1.82, 2.24) is 20.4 Å². The van der Waals surface area contributed by atoms with Gasteiger partial charge in [0.2, 0.25) is 17.7 Å². The van der Waals surface area contributed by atoms with Crippen LogP contribution in [0.2, 0.25) is 0 Å². The van der Waals surface area contributed by atoms with Crippen LogP contribution in [0, 0.1) is 5.41 Å². The number of benzene rings is 1. The molecule has 1 aliphatic heterocycles. The lowest BCUT2D eigenvalue weighted by atomic mass is 9.97. The van der Waals surface area contributed by atoms with Crippen LogP contribution in [0.1, 0.15) is 82.6 Å². The van der Waals surface area contributed by atoms with Crippen LogP contribution < -0.4 is 16.0 Å². The van der Waals surface area contributed by atoms with Crippen molar-refractivity contribution >= 4 is 41.2 Å². The van der Waals surface area contributed by atoms with E-state index in [4.69, 9.17) is 80.5 Å². The number of nitrogens with one attached hydrogen (secondary N) is 3. The largest absolute Gasteiger partial charge is 0.460 e. The number of hydrogen-bond acceptors (Lipinski definition) is 24. The fourth-order valence-electron chi connectivity index (χ4n) is 7.75. The van der Waals surface area contributed by atoms with Crippen LogP contribution in [-0.2, 0) is 122 Å². The van der Waals surface area contributed by atoms with Crippen molar-refractivity contribution in [2.24, 2.45) is 5.41 Å². The van der Waals surface area contributed by atoms with Crippen LogP contribution in [0.3, 0.4) is 0 Å². The Morgan fingerprint density at radius 1 is 0.495 bits per heavy atom. The van der Waals surface area contributed by atoms with Crippen molar-refractivity contribution in [2.45, 2.75) is 86.3 Å². The molecule has 0 fully saturated rings. The van der Waals surface area contributed by atoms with Gasteiger partial charge in [0.15, 0.2) is 0 Å². The summed E-state index contributed by atoms with van der Waals surface area (Å²) in [7, 11) is 3.27. The van der Waals surface area contributed by atoms with E-state index in [1.54, 1.807) is 41.1 Å². The number of esters is 1. The van der Waals surface area contributed by atoms with E-state index < -0.39 is 54.1 Å². The molecule has 1 aliphatic rings. The zero-order valence-electron chi connectivity index (χ0n) is 57.2. The number of imide groups is 1. The summed E-state index contributed by atoms with van der Waals surface area (Å²) >= 11 is 0. The highest BCUT2D eigenvalue weighted by Crippen LogP contribution is 2.22. The van der Waals surface area contributed by atoms with Crippen molar-refractivity contribution in [3.63, 3.8) is 0 Å². The molecule has 3 N–H and O–H groups in total. The Morgan fingerprint density at radius 3 is 1.19 bits per heavy atom. The number of carbonyl (C=O) groups is 6. The maximum Gasteiger partial charge on any atom is 0.311 e. The van der Waals surface area contributed by atoms with Crippen molar-refractivity contribution in [3.8, 4) is 0 Å². The molecule has 0 aliphatic carbocycles. The van der Waals surface area contributed by atoms with Gasteiger partial charge in [-0.15, -0.1) is 0 Å². The molecule has 1 atom stereocenters. The number of carbonyl (C=O) groups excluding carboxylic acids is 6. The Balaban J connectivity index is -0.0000141. The maximum absolute atomic E-state index is 13.3. The fourth-order valence-corrected chi connectivity index (χ4v) is 7.75. The van der Waals surface area contributed by atoms with Crippen LogP contribution >= 0.6 is 0 Å². The second kappa shape index (κ2) is 60.9. The number of aryl methyl sites for hydroxylation is 1. The molecular formula is C65H121N5O23. The number of nitrogens with zero attached hydrogens (tertiary/aromatic N) is 2. The van der Waals surface area contributed by atoms with Gasteiger partial charge in [0.1, 0.15) is 19.2 Å². The van der Waals surface area contributed by atoms with Gasteiger partial charge in [-0.3, -0.25) is 33.7 Å². The SMILES string of the molecule is CCC.COCCOCCOCCOCCOCCOCCOCCOCCCN(CCCOCCOCCOCCOCCOCCOCCOCCOC)CCCc1cc(NC(=O)[C@H](C)NC(=O)CNC(=O)CN2C(=O)C=CC2=O)ccc1COC(=O)C(C)(C)C.[HH].[HH].[HH]. The van der Waals surface area contributed by atoms with Gasteiger partial charge >= 0.3 is 5.97 Å². The standard InChI is InChI=1S/C62H107N5O23.C3H8.3H2/c1-52(64-56(68)49-63-57(69)50-67-58(70)13-14-59(67)71)60(72)65-55-12-11-54(51-90-61(73)62(2,3)4)53(48-55)10-7-15-66(16-8-18-76-24-26-80-32-34-84-40-42-88-46-44-86-38-36-82-30-28-78-22-20-74-5)17-9-19-77-25-27-81-33-35-85-41-43-89-47-45-87-39-37-83-31-29-79-23-21-75-6;1-3-2;;;/h11-14,48,52H,7-10,15-47,49-51H2,1-6H3,(H,63,69)(H,64,68)(H,65,72);3H2,1-2H3;3*1H/t52-;;;;/m0..../s1. The average molecular weight is 1340 g/mol. The topological polar surface area (TPSA) is 302 Å². The van der Waals surface area contributed by atoms with E-state index in [2.05, 4.69) is 34.7 Å². The third kappa shape index (κ3) is 51.3. The minimum absolute atomic E-state index is 0. The minimum atomic E-state index is -0.999. The lowest BCUT2D eigenvalue weighted by Crippen LogP contribution is -2.47. The van der Waals surface area contributed by atoms with Crippen LogP contribution in [0.25, 0.3) is 0 Å². The van der Waals surface area contributed by atoms with Crippen LogP contribution in [-0.4, -0.2) is 296 Å². The third-order valence-corrected chi connectivity index (χ3v) is 12.6. The maximum atomic E-state index is 13.3. The molecule has 93 heavy (non-hydrogen) atoms. The smallest absolute Gasteiger partial charge is 0.311 e. The first kappa shape index (κ1) is 86.3. The Morgan fingerprint density at radius 2 is 0.839 bits per heavy atom. The Bertz CT molecular complexity index is 2020. The highest BCUT2D eigenvalue weighted by atomic mass is 16.6. The predicted octanol–water partition coefficient (Wildman–Crippen LogP) is 3.95. The number of methoxy groups -OCH3 is 2. The second-order valence-electron chi connectivity index (χ2n) is 21.9. The molecule has 28 nitrogen and oxygen atoms in total. The first-order valence-electron chi connectivity index (χ1n) is 32.6. The fraction of sp³-hybridized carbons (Fsp3) is 0.785. The average Bonchev–Trinajstić information content (AvgIpc) is 1.34. The molecule has 0 radical (unpaired) electrons. The van der Waals surface area contributed by atoms with E-state index in [0.717, 1.165) is 67.1 Å². The number of ether oxygens (including phenoxy) is 17. The summed E-state index contributed by atoms with van der Waals surface area (Å²) in [6.45, 7) is 26.9. The van der Waals surface area contributed by atoms with E-state index >= 15 is 0 Å². The zero-order chi connectivity index (χ0) is 68.1. The molecule has 0 spiro atoms. The second-order valence-corrected chi connectivity index (χ2v) is 21.9. The Hall–Kier alpha value is -4.70. The lowest BCUT2D eigenvalue weighted by molar-refractivity contribution is -0.154. The molecule has 0 aromatic heterocycles. The van der Waals surface area contributed by atoms with Crippen LogP contribution in [0.4, 0.5) is 5.69 Å². The van der Waals surface area contributed by atoms with E-state index in [-0.39, 0.29) is 16.9 Å². The highest BCUT2D eigenvalue weighted by Gasteiger charge is 2.27. The summed E-state index contributed by atoms with van der Waals surface area (Å²) in [6, 6.07) is 4.36. The quantitative estimate of drug-likeness (QED) is 0.0472. The van der Waals surface area contributed by atoms with Gasteiger partial charge in [-0.25, -0.2) is 0 Å². The summed E-state index contributed by atoms with van der Waals surface area (Å²) in [4.78, 5) is 77.9. The molecule has 0 unspecified atom stereocenters. The van der Waals surface area contributed by atoms with Crippen molar-refractivity contribution < 1.29 is 114 Å². The van der Waals surface area contributed by atoms with Gasteiger partial charge in [0.25, 0.3) is 11.8 Å². The van der Waals surface area contributed by atoms with Crippen LogP contribution in [0.15, 0.2) is 30.4 Å². The first-order chi connectivity index (χ1) is 45.2. The van der Waals surface area contributed by atoms with E-state index in [0.29, 0.717) is 210 Å². The Kier molecular flexibility index (Phi) is 56.5. The highest BCUT2D eigenvalue weighted by molar-refractivity contribution is 6.14. The predicted molar refractivity (Wildman–Crippen MR) is 352 cm³/mol. The first-order valence-corrected chi connectivity index (χ1v) is 32.6. The van der Waals surface area contributed by atoms with Gasteiger partial charge in [0.05, 0.1) is 197 Å². The van der Waals surface area contributed by atoms with E-state index in [1.165, 1.54) is 13.3 Å². The Labute approximate surface area is 557 Å². The summed E-state index contributed by atoms with van der Waals surface area (Å²) in [6.07, 6.45) is 6.24. The van der Waals surface area contributed by atoms with Gasteiger partial charge in [-0.2, -0.15) is 0 Å². The summed E-state index contributed by atoms with van der Waals surface area (Å²) < 4.78 is 93.8. The number of amides is 5. The molecular weight excluding hydrogens is 1220 g/mol. The number of hydrogen-bond donors (Lipinski definition) is 3. The molecule has 28 heteroatoms. The van der Waals surface area contributed by atoms with Gasteiger partial charge in [-0.05, 0) is 83.2 Å². The van der Waals surface area contributed by atoms with Gasteiger partial charge in [0, 0.05) is 62.6 Å². The summed E-state index contributed by atoms with van der Waals surface area (Å²) in [5.74, 6) is -3.48. The molecule has 5 amide bonds. The molecule has 1 aromatic carbocycles. The molecule has 0 bridgehead atoms. The lowest BCUT2D eigenvalue weighted by Gasteiger charge is -2.23. The number of anilines is 1. The molecule has 0 saturated heterocycles.